The molecule has 0 atom stereocenters. The Morgan fingerprint density at radius 2 is 1.79 bits per heavy atom. The highest BCUT2D eigenvalue weighted by Crippen LogP contribution is 2.24. The van der Waals surface area contributed by atoms with Gasteiger partial charge < -0.3 is 4.18 Å². The molecular formula is C13H16N2O3S. The summed E-state index contributed by atoms with van der Waals surface area (Å²) in [5, 5.41) is 0. The predicted octanol–water partition coefficient (Wildman–Crippen LogP) is 2.35. The van der Waals surface area contributed by atoms with Crippen LogP contribution in [0.1, 0.15) is 26.3 Å². The van der Waals surface area contributed by atoms with E-state index in [4.69, 9.17) is 4.18 Å². The zero-order chi connectivity index (χ0) is 14.1. The first kappa shape index (κ1) is 13.6. The topological polar surface area (TPSA) is 61.2 Å². The third-order valence-electron chi connectivity index (χ3n) is 2.66. The minimum atomic E-state index is -3.86. The van der Waals surface area contributed by atoms with E-state index in [-0.39, 0.29) is 11.2 Å². The number of imidazole rings is 1. The molecule has 0 aliphatic rings. The second-order valence-corrected chi connectivity index (χ2v) is 6.65. The number of aromatic nitrogens is 2. The second-order valence-electron chi connectivity index (χ2n) is 5.21. The Hall–Kier alpha value is -1.82. The minimum absolute atomic E-state index is 0.0156. The Morgan fingerprint density at radius 3 is 2.26 bits per heavy atom. The van der Waals surface area contributed by atoms with Crippen LogP contribution in [-0.2, 0) is 15.7 Å². The van der Waals surface area contributed by atoms with Gasteiger partial charge in [0.15, 0.2) is 0 Å². The van der Waals surface area contributed by atoms with Crippen molar-refractivity contribution in [2.24, 2.45) is 0 Å². The van der Waals surface area contributed by atoms with E-state index in [0.29, 0.717) is 0 Å². The largest absolute Gasteiger partial charge is 0.414 e. The van der Waals surface area contributed by atoms with E-state index in [1.807, 2.05) is 12.1 Å². The monoisotopic (exact) mass is 280 g/mol. The number of benzene rings is 1. The van der Waals surface area contributed by atoms with Gasteiger partial charge in [-0.25, -0.2) is 8.96 Å². The molecule has 102 valence electrons. The third kappa shape index (κ3) is 3.14. The molecule has 0 aliphatic carbocycles. The van der Waals surface area contributed by atoms with Crippen molar-refractivity contribution in [2.75, 3.05) is 0 Å². The van der Waals surface area contributed by atoms with Crippen LogP contribution in [0.2, 0.25) is 0 Å². The molecule has 6 heteroatoms. The lowest BCUT2D eigenvalue weighted by molar-refractivity contribution is 0.475. The molecule has 2 rings (SSSR count). The molecule has 0 aliphatic heterocycles. The smallest absolute Gasteiger partial charge is 0.366 e. The van der Waals surface area contributed by atoms with Gasteiger partial charge in [0.1, 0.15) is 12.1 Å². The van der Waals surface area contributed by atoms with Crippen molar-refractivity contribution in [2.45, 2.75) is 26.2 Å². The average Bonchev–Trinajstić information content (AvgIpc) is 2.82. The summed E-state index contributed by atoms with van der Waals surface area (Å²) in [6, 6.07) is 7.02. The quantitative estimate of drug-likeness (QED) is 0.866. The lowest BCUT2D eigenvalue weighted by Crippen LogP contribution is -2.17. The standard InChI is InChI=1S/C13H16N2O3S/c1-13(2,3)11-4-6-12(7-5-11)18-19(16,17)15-9-8-14-10-15/h4-10H,1-3H3. The Morgan fingerprint density at radius 1 is 1.16 bits per heavy atom. The van der Waals surface area contributed by atoms with Gasteiger partial charge in [-0.2, -0.15) is 8.42 Å². The van der Waals surface area contributed by atoms with E-state index >= 15 is 0 Å². The van der Waals surface area contributed by atoms with Gasteiger partial charge in [0.25, 0.3) is 0 Å². The van der Waals surface area contributed by atoms with Crippen LogP contribution in [0.3, 0.4) is 0 Å². The molecule has 0 unspecified atom stereocenters. The molecule has 19 heavy (non-hydrogen) atoms. The maximum absolute atomic E-state index is 11.8. The maximum Gasteiger partial charge on any atom is 0.414 e. The highest BCUT2D eigenvalue weighted by molar-refractivity contribution is 7.85. The van der Waals surface area contributed by atoms with Crippen molar-refractivity contribution in [3.8, 4) is 5.75 Å². The summed E-state index contributed by atoms with van der Waals surface area (Å²) in [5.41, 5.74) is 1.13. The fourth-order valence-electron chi connectivity index (χ4n) is 1.55. The van der Waals surface area contributed by atoms with Crippen molar-refractivity contribution < 1.29 is 12.6 Å². The van der Waals surface area contributed by atoms with Gasteiger partial charge in [-0.15, -0.1) is 0 Å². The van der Waals surface area contributed by atoms with Crippen molar-refractivity contribution in [3.63, 3.8) is 0 Å². The highest BCUT2D eigenvalue weighted by atomic mass is 32.2. The molecule has 0 amide bonds. The molecule has 0 spiro atoms. The summed E-state index contributed by atoms with van der Waals surface area (Å²) in [7, 11) is -3.86. The van der Waals surface area contributed by atoms with Crippen LogP contribution in [-0.4, -0.2) is 17.4 Å². The summed E-state index contributed by atoms with van der Waals surface area (Å²) < 4.78 is 29.6. The second kappa shape index (κ2) is 4.70. The van der Waals surface area contributed by atoms with Gasteiger partial charge in [0, 0.05) is 12.4 Å². The van der Waals surface area contributed by atoms with Gasteiger partial charge >= 0.3 is 10.3 Å². The number of rotatable bonds is 3. The van der Waals surface area contributed by atoms with E-state index in [2.05, 4.69) is 25.8 Å². The molecule has 1 aromatic heterocycles. The number of nitrogens with zero attached hydrogens (tertiary/aromatic N) is 2. The van der Waals surface area contributed by atoms with Gasteiger partial charge in [0.2, 0.25) is 0 Å². The Bertz CT molecular complexity index is 638. The van der Waals surface area contributed by atoms with Gasteiger partial charge in [-0.3, -0.25) is 0 Å². The average molecular weight is 280 g/mol. The van der Waals surface area contributed by atoms with Crippen LogP contribution in [0.25, 0.3) is 0 Å². The lowest BCUT2D eigenvalue weighted by atomic mass is 9.87. The van der Waals surface area contributed by atoms with E-state index in [0.717, 1.165) is 9.54 Å². The molecule has 1 aromatic carbocycles. The molecule has 1 heterocycles. The predicted molar refractivity (Wildman–Crippen MR) is 72.3 cm³/mol. The maximum atomic E-state index is 11.8. The van der Waals surface area contributed by atoms with Gasteiger partial charge in [-0.05, 0) is 23.1 Å². The van der Waals surface area contributed by atoms with E-state index < -0.39 is 10.3 Å². The van der Waals surface area contributed by atoms with Crippen LogP contribution in [0.15, 0.2) is 43.0 Å². The van der Waals surface area contributed by atoms with E-state index in [9.17, 15) is 8.42 Å². The molecule has 5 nitrogen and oxygen atoms in total. The molecule has 0 bridgehead atoms. The summed E-state index contributed by atoms with van der Waals surface area (Å²) >= 11 is 0. The van der Waals surface area contributed by atoms with Crippen molar-refractivity contribution in [1.29, 1.82) is 0 Å². The normalized spacial score (nSPS) is 12.4. The fraction of sp³-hybridized carbons (Fsp3) is 0.308. The molecule has 0 saturated carbocycles. The molecule has 0 N–H and O–H groups in total. The SMILES string of the molecule is CC(C)(C)c1ccc(OS(=O)(=O)n2ccnc2)cc1. The van der Waals surface area contributed by atoms with Crippen molar-refractivity contribution in [1.82, 2.24) is 8.96 Å². The van der Waals surface area contributed by atoms with E-state index in [1.165, 1.54) is 18.7 Å². The summed E-state index contributed by atoms with van der Waals surface area (Å²) in [6.07, 6.45) is 3.88. The zero-order valence-electron chi connectivity index (χ0n) is 11.1. The number of hydrogen-bond acceptors (Lipinski definition) is 4. The first-order chi connectivity index (χ1) is 8.79. The molecule has 0 fully saturated rings. The minimum Gasteiger partial charge on any atom is -0.366 e. The third-order valence-corrected chi connectivity index (χ3v) is 3.80. The highest BCUT2D eigenvalue weighted by Gasteiger charge is 2.16. The lowest BCUT2D eigenvalue weighted by Gasteiger charge is -2.19. The van der Waals surface area contributed by atoms with Crippen LogP contribution in [0, 0.1) is 0 Å². The first-order valence-corrected chi connectivity index (χ1v) is 7.19. The summed E-state index contributed by atoms with van der Waals surface area (Å²) in [6.45, 7) is 6.27. The molecule has 0 radical (unpaired) electrons. The molecule has 2 aromatic rings. The molecular weight excluding hydrogens is 264 g/mol. The molecule has 0 saturated heterocycles. The van der Waals surface area contributed by atoms with Crippen molar-refractivity contribution >= 4 is 10.3 Å². The van der Waals surface area contributed by atoms with Crippen LogP contribution in [0.5, 0.6) is 5.75 Å². The van der Waals surface area contributed by atoms with Gasteiger partial charge in [-0.1, -0.05) is 32.9 Å². The first-order valence-electron chi connectivity index (χ1n) is 5.82. The van der Waals surface area contributed by atoms with E-state index in [1.54, 1.807) is 12.1 Å². The Balaban J connectivity index is 2.21. The Kier molecular flexibility index (Phi) is 3.36. The summed E-state index contributed by atoms with van der Waals surface area (Å²) in [4.78, 5) is 3.68. The van der Waals surface area contributed by atoms with Crippen LogP contribution < -0.4 is 4.18 Å². The van der Waals surface area contributed by atoms with Gasteiger partial charge in [0.05, 0.1) is 0 Å². The Labute approximate surface area is 113 Å². The fourth-order valence-corrected chi connectivity index (χ4v) is 2.37. The summed E-state index contributed by atoms with van der Waals surface area (Å²) in [5.74, 6) is 0.279. The van der Waals surface area contributed by atoms with Crippen LogP contribution in [0.4, 0.5) is 0 Å². The zero-order valence-corrected chi connectivity index (χ0v) is 11.9. The van der Waals surface area contributed by atoms with Crippen LogP contribution >= 0.6 is 0 Å². The van der Waals surface area contributed by atoms with Crippen molar-refractivity contribution in [3.05, 3.63) is 48.5 Å². The number of hydrogen-bond donors (Lipinski definition) is 0.